The number of aryl methyl sites for hydroxylation is 1. The third-order valence-electron chi connectivity index (χ3n) is 7.48. The van der Waals surface area contributed by atoms with Gasteiger partial charge in [0.05, 0.1) is 16.7 Å². The summed E-state index contributed by atoms with van der Waals surface area (Å²) in [5, 5.41) is 0.378. The smallest absolute Gasteiger partial charge is 0.308 e. The van der Waals surface area contributed by atoms with E-state index < -0.39 is 35.6 Å². The Morgan fingerprint density at radius 1 is 0.528 bits per heavy atom. The van der Waals surface area contributed by atoms with Crippen molar-refractivity contribution in [2.24, 2.45) is 0 Å². The Morgan fingerprint density at radius 3 is 1.57 bits per heavy atom. The molecule has 0 aliphatic carbocycles. The van der Waals surface area contributed by atoms with Crippen LogP contribution in [0.25, 0.3) is 22.3 Å². The van der Waals surface area contributed by atoms with Crippen molar-refractivity contribution in [1.29, 1.82) is 0 Å². The predicted molar refractivity (Wildman–Crippen MR) is 187 cm³/mol. The summed E-state index contributed by atoms with van der Waals surface area (Å²) in [5.74, 6) is -3.72. The molecule has 0 unspecified atom stereocenters. The summed E-state index contributed by atoms with van der Waals surface area (Å²) >= 11 is 0. The summed E-state index contributed by atoms with van der Waals surface area (Å²) in [5.41, 5.74) is 1.59. The first-order valence-corrected chi connectivity index (χ1v) is 16.1. The van der Waals surface area contributed by atoms with E-state index in [2.05, 4.69) is 0 Å². The van der Waals surface area contributed by atoms with Crippen LogP contribution in [0, 0.1) is 0 Å². The molecule has 13 heteroatoms. The zero-order chi connectivity index (χ0) is 38.4. The first-order valence-electron chi connectivity index (χ1n) is 16.1. The summed E-state index contributed by atoms with van der Waals surface area (Å²) in [7, 11) is 0. The number of carbonyl (C=O) groups is 7. The van der Waals surface area contributed by atoms with Crippen LogP contribution in [0.5, 0.6) is 28.7 Å². The van der Waals surface area contributed by atoms with Gasteiger partial charge in [-0.05, 0) is 72.6 Å². The largest absolute Gasteiger partial charge is 0.455 e. The molecule has 0 bridgehead atoms. The van der Waals surface area contributed by atoms with Gasteiger partial charge in [0.25, 0.3) is 0 Å². The summed E-state index contributed by atoms with van der Waals surface area (Å²) < 4.78 is 32.2. The predicted octanol–water partition coefficient (Wildman–Crippen LogP) is 6.77. The van der Waals surface area contributed by atoms with Gasteiger partial charge in [0, 0.05) is 64.1 Å². The van der Waals surface area contributed by atoms with E-state index in [9.17, 15) is 33.6 Å². The lowest BCUT2D eigenvalue weighted by Crippen LogP contribution is -2.10. The van der Waals surface area contributed by atoms with E-state index in [1.165, 1.54) is 76.2 Å². The average Bonchev–Trinajstić information content (AvgIpc) is 3.45. The minimum Gasteiger partial charge on any atom is -0.455 e. The second kappa shape index (κ2) is 16.0. The lowest BCUT2D eigenvalue weighted by molar-refractivity contribution is -0.133. The lowest BCUT2D eigenvalue weighted by Gasteiger charge is -2.11. The van der Waals surface area contributed by atoms with Gasteiger partial charge in [0.1, 0.15) is 40.1 Å². The Balaban J connectivity index is 1.56. The number of ketones is 2. The number of Topliss-reactive ketones (excluding diaryl/α,β-unsaturated/α-hetero) is 1. The van der Waals surface area contributed by atoms with Gasteiger partial charge in [0.2, 0.25) is 5.78 Å². The molecule has 0 aliphatic rings. The van der Waals surface area contributed by atoms with E-state index in [4.69, 9.17) is 28.1 Å². The highest BCUT2D eigenvalue weighted by Gasteiger charge is 2.27. The molecule has 0 N–H and O–H groups in total. The van der Waals surface area contributed by atoms with Gasteiger partial charge in [-0.1, -0.05) is 6.07 Å². The van der Waals surface area contributed by atoms with Gasteiger partial charge in [-0.25, -0.2) is 0 Å². The van der Waals surface area contributed by atoms with Crippen LogP contribution in [-0.4, -0.2) is 41.4 Å². The molecule has 0 fully saturated rings. The molecule has 5 aromatic rings. The normalized spacial score (nSPS) is 10.7. The summed E-state index contributed by atoms with van der Waals surface area (Å²) in [4.78, 5) is 86.2. The molecule has 0 aliphatic heterocycles. The molecular formula is C40H32O13. The topological polar surface area (TPSA) is 179 Å². The van der Waals surface area contributed by atoms with E-state index >= 15 is 0 Å². The molecule has 0 saturated carbocycles. The minimum atomic E-state index is -0.720. The SMILES string of the molecule is CC(=O)Oc1ccc(-c2oc3ccc(CCC(=O)c4ccc(OC(C)=O)cc4OC(C)=O)cc3c2C(=O)c2ccc(OC(C)=O)cc2OC(C)=O)cc1. The fraction of sp³-hybridized carbons (Fsp3) is 0.175. The Hall–Kier alpha value is -6.89. The van der Waals surface area contributed by atoms with Crippen molar-refractivity contribution in [3.63, 3.8) is 0 Å². The second-order valence-electron chi connectivity index (χ2n) is 11.7. The number of benzene rings is 4. The summed E-state index contributed by atoms with van der Waals surface area (Å²) in [6.07, 6.45) is 0.160. The molecule has 1 aromatic heterocycles. The molecule has 0 amide bonds. The quantitative estimate of drug-likeness (QED) is 0.0749. The van der Waals surface area contributed by atoms with Gasteiger partial charge in [-0.3, -0.25) is 33.6 Å². The van der Waals surface area contributed by atoms with E-state index in [1.807, 2.05) is 0 Å². The van der Waals surface area contributed by atoms with Crippen molar-refractivity contribution in [2.75, 3.05) is 0 Å². The number of hydrogen-bond donors (Lipinski definition) is 0. The molecule has 5 rings (SSSR count). The van der Waals surface area contributed by atoms with Crippen molar-refractivity contribution >= 4 is 52.4 Å². The minimum absolute atomic E-state index is 0.0348. The van der Waals surface area contributed by atoms with Gasteiger partial charge in [-0.15, -0.1) is 0 Å². The Bertz CT molecular complexity index is 2290. The van der Waals surface area contributed by atoms with E-state index in [0.29, 0.717) is 22.1 Å². The van der Waals surface area contributed by atoms with Crippen LogP contribution in [0.3, 0.4) is 0 Å². The van der Waals surface area contributed by atoms with Crippen molar-refractivity contribution in [2.45, 2.75) is 47.5 Å². The highest BCUT2D eigenvalue weighted by Crippen LogP contribution is 2.39. The monoisotopic (exact) mass is 720 g/mol. The van der Waals surface area contributed by atoms with Gasteiger partial charge < -0.3 is 28.1 Å². The maximum Gasteiger partial charge on any atom is 0.308 e. The number of furan rings is 1. The van der Waals surface area contributed by atoms with Crippen LogP contribution in [0.15, 0.2) is 83.3 Å². The zero-order valence-electron chi connectivity index (χ0n) is 29.2. The molecule has 1 heterocycles. The van der Waals surface area contributed by atoms with Crippen LogP contribution in [-0.2, 0) is 30.4 Å². The van der Waals surface area contributed by atoms with E-state index in [-0.39, 0.29) is 69.8 Å². The Morgan fingerprint density at radius 2 is 1.02 bits per heavy atom. The maximum atomic E-state index is 14.5. The van der Waals surface area contributed by atoms with E-state index in [0.717, 1.165) is 6.92 Å². The molecule has 0 spiro atoms. The molecule has 4 aromatic carbocycles. The molecule has 53 heavy (non-hydrogen) atoms. The molecule has 0 radical (unpaired) electrons. The standard InChI is InChI=1S/C40H32O13/c1-21(41)48-28-10-8-27(9-11-28)40-38(39(47)32-15-13-30(50-23(3)43)20-37(32)52-25(5)45)33-18-26(7-17-35(33)53-40)6-16-34(46)31-14-12-29(49-22(2)42)19-36(31)51-24(4)44/h7-15,17-20H,6,16H2,1-5H3. The number of fused-ring (bicyclic) bond motifs is 1. The molecule has 270 valence electrons. The number of carbonyl (C=O) groups excluding carboxylic acids is 7. The number of ether oxygens (including phenoxy) is 5. The molecule has 0 atom stereocenters. The third kappa shape index (κ3) is 9.27. The fourth-order valence-electron chi connectivity index (χ4n) is 5.46. The van der Waals surface area contributed by atoms with Gasteiger partial charge in [0.15, 0.2) is 5.78 Å². The maximum absolute atomic E-state index is 14.5. The highest BCUT2D eigenvalue weighted by atomic mass is 16.6. The van der Waals surface area contributed by atoms with Gasteiger partial charge >= 0.3 is 29.8 Å². The van der Waals surface area contributed by atoms with Crippen molar-refractivity contribution in [3.8, 4) is 40.1 Å². The van der Waals surface area contributed by atoms with Crippen LogP contribution < -0.4 is 23.7 Å². The van der Waals surface area contributed by atoms with Crippen LogP contribution in [0.2, 0.25) is 0 Å². The van der Waals surface area contributed by atoms with Crippen molar-refractivity contribution in [3.05, 3.63) is 101 Å². The summed E-state index contributed by atoms with van der Waals surface area (Å²) in [6, 6.07) is 19.5. The first-order chi connectivity index (χ1) is 25.2. The lowest BCUT2D eigenvalue weighted by atomic mass is 9.95. The zero-order valence-corrected chi connectivity index (χ0v) is 29.2. The highest BCUT2D eigenvalue weighted by molar-refractivity contribution is 6.21. The number of hydrogen-bond acceptors (Lipinski definition) is 13. The van der Waals surface area contributed by atoms with Crippen LogP contribution >= 0.6 is 0 Å². The van der Waals surface area contributed by atoms with Crippen molar-refractivity contribution in [1.82, 2.24) is 0 Å². The number of esters is 5. The molecular weight excluding hydrogens is 688 g/mol. The fourth-order valence-corrected chi connectivity index (χ4v) is 5.46. The van der Waals surface area contributed by atoms with Crippen LogP contribution in [0.4, 0.5) is 0 Å². The summed E-state index contributed by atoms with van der Waals surface area (Å²) in [6.45, 7) is 6.02. The van der Waals surface area contributed by atoms with Crippen LogP contribution in [0.1, 0.15) is 72.9 Å². The number of rotatable bonds is 12. The van der Waals surface area contributed by atoms with E-state index in [1.54, 1.807) is 30.3 Å². The first kappa shape index (κ1) is 37.4. The van der Waals surface area contributed by atoms with Crippen molar-refractivity contribution < 1.29 is 61.7 Å². The Labute approximate surface area is 302 Å². The van der Waals surface area contributed by atoms with Gasteiger partial charge in [-0.2, -0.15) is 0 Å². The second-order valence-corrected chi connectivity index (χ2v) is 11.7. The third-order valence-corrected chi connectivity index (χ3v) is 7.48. The Kier molecular flexibility index (Phi) is 11.3. The molecule has 0 saturated heterocycles. The average molecular weight is 721 g/mol. The molecule has 13 nitrogen and oxygen atoms in total.